The molecule has 6 nitrogen and oxygen atoms in total. The van der Waals surface area contributed by atoms with Gasteiger partial charge in [0.1, 0.15) is 11.3 Å². The fourth-order valence-corrected chi connectivity index (χ4v) is 2.03. The van der Waals surface area contributed by atoms with Crippen molar-refractivity contribution in [1.29, 1.82) is 0 Å². The summed E-state index contributed by atoms with van der Waals surface area (Å²) in [6, 6.07) is 7.44. The lowest BCUT2D eigenvalue weighted by Crippen LogP contribution is -2.04. The van der Waals surface area contributed by atoms with Crippen LogP contribution in [-0.4, -0.2) is 31.1 Å². The highest BCUT2D eigenvalue weighted by atomic mass is 19.1. The molecule has 0 unspecified atom stereocenters. The number of halogens is 1. The maximum Gasteiger partial charge on any atom is 0.338 e. The van der Waals surface area contributed by atoms with Crippen LogP contribution in [0.5, 0.6) is 0 Å². The molecule has 1 N–H and O–H groups in total. The molecule has 0 bridgehead atoms. The van der Waals surface area contributed by atoms with Gasteiger partial charge in [0.05, 0.1) is 11.3 Å². The van der Waals surface area contributed by atoms with Gasteiger partial charge in [0, 0.05) is 11.8 Å². The van der Waals surface area contributed by atoms with E-state index in [1.165, 1.54) is 16.8 Å². The Morgan fingerprint density at radius 2 is 2.14 bits per heavy atom. The van der Waals surface area contributed by atoms with E-state index in [1.54, 1.807) is 6.07 Å². The lowest BCUT2D eigenvalue weighted by molar-refractivity contribution is 0.0692. The molecule has 0 saturated heterocycles. The molecule has 2 heterocycles. The van der Waals surface area contributed by atoms with E-state index in [4.69, 9.17) is 5.11 Å². The van der Waals surface area contributed by atoms with E-state index in [0.29, 0.717) is 16.9 Å². The third-order valence-electron chi connectivity index (χ3n) is 3.14. The highest BCUT2D eigenvalue weighted by Gasteiger charge is 2.14. The Hall–Kier alpha value is -2.83. The minimum atomic E-state index is -1.31. The summed E-state index contributed by atoms with van der Waals surface area (Å²) in [6.45, 7) is 1.98. The van der Waals surface area contributed by atoms with Crippen LogP contribution >= 0.6 is 0 Å². The predicted octanol–water partition coefficient (Wildman–Crippen LogP) is 2.22. The van der Waals surface area contributed by atoms with E-state index in [-0.39, 0.29) is 5.56 Å². The Balaban J connectivity index is 2.16. The van der Waals surface area contributed by atoms with Crippen molar-refractivity contribution in [3.63, 3.8) is 0 Å². The lowest BCUT2D eigenvalue weighted by Gasteiger charge is -2.04. The van der Waals surface area contributed by atoms with Gasteiger partial charge in [-0.2, -0.15) is 4.68 Å². The lowest BCUT2D eigenvalue weighted by atomic mass is 10.2. The molecule has 0 radical (unpaired) electrons. The van der Waals surface area contributed by atoms with Crippen LogP contribution in [0.2, 0.25) is 0 Å². The Morgan fingerprint density at radius 3 is 2.81 bits per heavy atom. The van der Waals surface area contributed by atoms with Gasteiger partial charge in [-0.05, 0) is 30.7 Å². The summed E-state index contributed by atoms with van der Waals surface area (Å²) in [7, 11) is 0. The van der Waals surface area contributed by atoms with Crippen molar-refractivity contribution in [2.45, 2.75) is 13.3 Å². The van der Waals surface area contributed by atoms with E-state index in [9.17, 15) is 9.18 Å². The first-order chi connectivity index (χ1) is 10.1. The summed E-state index contributed by atoms with van der Waals surface area (Å²) in [6.07, 6.45) is 0.757. The number of aromatic nitrogens is 4. The van der Waals surface area contributed by atoms with Crippen molar-refractivity contribution < 1.29 is 14.3 Å². The number of pyridine rings is 1. The zero-order chi connectivity index (χ0) is 15.0. The van der Waals surface area contributed by atoms with Gasteiger partial charge in [-0.15, -0.1) is 5.10 Å². The summed E-state index contributed by atoms with van der Waals surface area (Å²) < 4.78 is 15.2. The standard InChI is InChI=1S/C14H11FN4O2/c1-2-8-3-6-12-13(16-8)19(18-17-12)9-4-5-10(14(20)21)11(15)7-9/h3-7H,2H2,1H3,(H,20,21). The maximum absolute atomic E-state index is 13.8. The first-order valence-electron chi connectivity index (χ1n) is 6.34. The van der Waals surface area contributed by atoms with Crippen molar-refractivity contribution in [3.8, 4) is 5.69 Å². The highest BCUT2D eigenvalue weighted by Crippen LogP contribution is 2.18. The van der Waals surface area contributed by atoms with Crippen LogP contribution in [0.25, 0.3) is 16.9 Å². The van der Waals surface area contributed by atoms with E-state index in [2.05, 4.69) is 15.3 Å². The molecule has 0 amide bonds. The number of aromatic carboxylic acids is 1. The third kappa shape index (κ3) is 2.22. The summed E-state index contributed by atoms with van der Waals surface area (Å²) in [4.78, 5) is 15.2. The van der Waals surface area contributed by atoms with Gasteiger partial charge in [0.2, 0.25) is 0 Å². The largest absolute Gasteiger partial charge is 0.478 e. The second-order valence-electron chi connectivity index (χ2n) is 4.47. The molecule has 0 aliphatic rings. The number of hydrogen-bond acceptors (Lipinski definition) is 4. The van der Waals surface area contributed by atoms with E-state index >= 15 is 0 Å². The Labute approximate surface area is 118 Å². The normalized spacial score (nSPS) is 11.0. The maximum atomic E-state index is 13.8. The van der Waals surface area contributed by atoms with Gasteiger partial charge in [0.25, 0.3) is 0 Å². The second-order valence-corrected chi connectivity index (χ2v) is 4.47. The van der Waals surface area contributed by atoms with Crippen molar-refractivity contribution in [2.75, 3.05) is 0 Å². The number of aryl methyl sites for hydroxylation is 1. The molecule has 0 aliphatic carbocycles. The summed E-state index contributed by atoms with van der Waals surface area (Å²) in [5, 5.41) is 16.8. The van der Waals surface area contributed by atoms with Gasteiger partial charge in [-0.1, -0.05) is 12.1 Å². The van der Waals surface area contributed by atoms with Gasteiger partial charge in [-0.25, -0.2) is 14.2 Å². The van der Waals surface area contributed by atoms with Crippen LogP contribution in [0, 0.1) is 5.82 Å². The number of carboxylic acid groups (broad SMARTS) is 1. The number of rotatable bonds is 3. The number of nitrogens with zero attached hydrogens (tertiary/aromatic N) is 4. The van der Waals surface area contributed by atoms with Crippen molar-refractivity contribution in [1.82, 2.24) is 20.0 Å². The predicted molar refractivity (Wildman–Crippen MR) is 73.0 cm³/mol. The van der Waals surface area contributed by atoms with Crippen molar-refractivity contribution in [2.24, 2.45) is 0 Å². The molecule has 7 heteroatoms. The number of carbonyl (C=O) groups is 1. The molecule has 0 aliphatic heterocycles. The summed E-state index contributed by atoms with van der Waals surface area (Å²) >= 11 is 0. The Bertz CT molecular complexity index is 844. The van der Waals surface area contributed by atoms with Crippen LogP contribution in [-0.2, 0) is 6.42 Å². The van der Waals surface area contributed by atoms with Crippen LogP contribution in [0.1, 0.15) is 23.0 Å². The average molecular weight is 286 g/mol. The van der Waals surface area contributed by atoms with Crippen molar-refractivity contribution in [3.05, 3.63) is 47.4 Å². The number of fused-ring (bicyclic) bond motifs is 1. The molecular weight excluding hydrogens is 275 g/mol. The highest BCUT2D eigenvalue weighted by molar-refractivity contribution is 5.88. The molecule has 0 fully saturated rings. The first-order valence-corrected chi connectivity index (χ1v) is 6.34. The zero-order valence-corrected chi connectivity index (χ0v) is 11.1. The van der Waals surface area contributed by atoms with Gasteiger partial charge >= 0.3 is 5.97 Å². The molecule has 0 spiro atoms. The molecular formula is C14H11FN4O2. The molecule has 0 atom stereocenters. The fraction of sp³-hybridized carbons (Fsp3) is 0.143. The van der Waals surface area contributed by atoms with Crippen LogP contribution in [0.15, 0.2) is 30.3 Å². The molecule has 3 rings (SSSR count). The van der Waals surface area contributed by atoms with E-state index < -0.39 is 11.8 Å². The van der Waals surface area contributed by atoms with Gasteiger partial charge in [0.15, 0.2) is 5.65 Å². The van der Waals surface area contributed by atoms with Crippen LogP contribution in [0.3, 0.4) is 0 Å². The quantitative estimate of drug-likeness (QED) is 0.798. The van der Waals surface area contributed by atoms with Crippen molar-refractivity contribution >= 4 is 17.1 Å². The number of benzene rings is 1. The second kappa shape index (κ2) is 4.93. The molecule has 3 aromatic rings. The molecule has 21 heavy (non-hydrogen) atoms. The molecule has 1 aromatic carbocycles. The average Bonchev–Trinajstić information content (AvgIpc) is 2.89. The number of carboxylic acids is 1. The fourth-order valence-electron chi connectivity index (χ4n) is 2.03. The Morgan fingerprint density at radius 1 is 1.33 bits per heavy atom. The third-order valence-corrected chi connectivity index (χ3v) is 3.14. The Kier molecular flexibility index (Phi) is 3.09. The van der Waals surface area contributed by atoms with E-state index in [1.807, 2.05) is 13.0 Å². The number of hydrogen-bond donors (Lipinski definition) is 1. The SMILES string of the molecule is CCc1ccc2nnn(-c3ccc(C(=O)O)c(F)c3)c2n1. The minimum Gasteiger partial charge on any atom is -0.478 e. The van der Waals surface area contributed by atoms with E-state index in [0.717, 1.165) is 18.2 Å². The molecule has 0 saturated carbocycles. The summed E-state index contributed by atoms with van der Waals surface area (Å²) in [5.41, 5.74) is 1.96. The van der Waals surface area contributed by atoms with Gasteiger partial charge in [-0.3, -0.25) is 0 Å². The first kappa shape index (κ1) is 13.2. The summed E-state index contributed by atoms with van der Waals surface area (Å²) in [5.74, 6) is -2.14. The van der Waals surface area contributed by atoms with Gasteiger partial charge < -0.3 is 5.11 Å². The topological polar surface area (TPSA) is 80.9 Å². The van der Waals surface area contributed by atoms with Crippen LogP contribution in [0.4, 0.5) is 4.39 Å². The molecule has 106 valence electrons. The minimum absolute atomic E-state index is 0.376. The van der Waals surface area contributed by atoms with Crippen LogP contribution < -0.4 is 0 Å². The smallest absolute Gasteiger partial charge is 0.338 e. The molecule has 2 aromatic heterocycles. The monoisotopic (exact) mass is 286 g/mol. The zero-order valence-electron chi connectivity index (χ0n) is 11.1.